The summed E-state index contributed by atoms with van der Waals surface area (Å²) in [5, 5.41) is 25.5. The standard InChI is InChI=1S/C13H13N3O5.C8H7BrN2O4.2CH4/c1-6-11(7(2)21-15-6)8-4-9(13(17)20-3)12(14)10(5-8)16(18)19;1-15-8(12)5-2-4(9)3-6(7(5)10)11(13)14;;/h4-5H,14H2,1-3H3;2-3H,10H2,1H3;2*1H4. The third kappa shape index (κ3) is 7.03. The van der Waals surface area contributed by atoms with E-state index >= 15 is 0 Å². The van der Waals surface area contributed by atoms with Gasteiger partial charge < -0.3 is 25.5 Å². The highest BCUT2D eigenvalue weighted by Gasteiger charge is 2.25. The highest BCUT2D eigenvalue weighted by atomic mass is 79.9. The van der Waals surface area contributed by atoms with Crippen molar-refractivity contribution in [2.45, 2.75) is 28.7 Å². The second-order valence-corrected chi connectivity index (χ2v) is 7.95. The van der Waals surface area contributed by atoms with Crippen molar-refractivity contribution in [1.82, 2.24) is 5.16 Å². The molecule has 0 saturated heterocycles. The van der Waals surface area contributed by atoms with Gasteiger partial charge in [-0.3, -0.25) is 20.2 Å². The second-order valence-electron chi connectivity index (χ2n) is 7.04. The zero-order chi connectivity index (χ0) is 27.3. The molecule has 0 bridgehead atoms. The molecule has 0 atom stereocenters. The number of nitrogen functional groups attached to an aromatic ring is 2. The molecule has 1 aromatic heterocycles. The number of aryl methyl sites for hydroxylation is 2. The van der Waals surface area contributed by atoms with Crippen molar-refractivity contribution in [3.05, 3.63) is 71.5 Å². The summed E-state index contributed by atoms with van der Waals surface area (Å²) < 4.78 is 14.5. The number of hydrogen-bond acceptors (Lipinski definition) is 12. The van der Waals surface area contributed by atoms with E-state index < -0.39 is 21.8 Å². The molecule has 15 heteroatoms. The highest BCUT2D eigenvalue weighted by Crippen LogP contribution is 2.35. The lowest BCUT2D eigenvalue weighted by Crippen LogP contribution is -2.08. The van der Waals surface area contributed by atoms with E-state index in [1.807, 2.05) is 0 Å². The van der Waals surface area contributed by atoms with E-state index in [1.165, 1.54) is 38.5 Å². The minimum absolute atomic E-state index is 0. The van der Waals surface area contributed by atoms with Crippen LogP contribution in [0.2, 0.25) is 0 Å². The average molecular weight is 598 g/mol. The molecule has 0 spiro atoms. The van der Waals surface area contributed by atoms with Gasteiger partial charge in [0.15, 0.2) is 0 Å². The molecular weight excluding hydrogens is 570 g/mol. The fourth-order valence-corrected chi connectivity index (χ4v) is 3.59. The molecule has 0 unspecified atom stereocenters. The van der Waals surface area contributed by atoms with E-state index in [2.05, 4.69) is 30.6 Å². The Labute approximate surface area is 226 Å². The summed E-state index contributed by atoms with van der Waals surface area (Å²) in [7, 11) is 2.35. The summed E-state index contributed by atoms with van der Waals surface area (Å²) in [4.78, 5) is 43.3. The number of esters is 2. The van der Waals surface area contributed by atoms with E-state index in [1.54, 1.807) is 13.8 Å². The molecule has 0 amide bonds. The zero-order valence-electron chi connectivity index (χ0n) is 19.4. The lowest BCUT2D eigenvalue weighted by atomic mass is 9.99. The van der Waals surface area contributed by atoms with Gasteiger partial charge in [0.25, 0.3) is 11.4 Å². The SMILES string of the molecule is C.C.COC(=O)c1cc(-c2c(C)noc2C)cc([N+](=O)[O-])c1N.COC(=O)c1cc(Br)cc([N+](=O)[O-])c1N. The molecule has 206 valence electrons. The van der Waals surface area contributed by atoms with Gasteiger partial charge in [-0.05, 0) is 31.5 Å². The van der Waals surface area contributed by atoms with E-state index in [0.29, 0.717) is 27.1 Å². The Hall–Kier alpha value is -4.53. The molecule has 14 nitrogen and oxygen atoms in total. The van der Waals surface area contributed by atoms with Crippen LogP contribution >= 0.6 is 15.9 Å². The Kier molecular flexibility index (Phi) is 12.1. The van der Waals surface area contributed by atoms with Gasteiger partial charge in [0, 0.05) is 22.2 Å². The molecular formula is C23H28BrN5O9. The maximum absolute atomic E-state index is 11.7. The number of nitro benzene ring substituents is 2. The first kappa shape index (κ1) is 33.5. The summed E-state index contributed by atoms with van der Waals surface area (Å²) >= 11 is 3.05. The van der Waals surface area contributed by atoms with Gasteiger partial charge >= 0.3 is 11.9 Å². The molecule has 38 heavy (non-hydrogen) atoms. The van der Waals surface area contributed by atoms with Crippen LogP contribution in [0, 0.1) is 34.1 Å². The number of benzene rings is 2. The number of carbonyl (C=O) groups is 2. The number of carbonyl (C=O) groups excluding carboxylic acids is 2. The minimum Gasteiger partial charge on any atom is -0.465 e. The molecule has 2 aromatic carbocycles. The maximum Gasteiger partial charge on any atom is 0.340 e. The monoisotopic (exact) mass is 597 g/mol. The lowest BCUT2D eigenvalue weighted by Gasteiger charge is -2.08. The fraction of sp³-hybridized carbons (Fsp3) is 0.261. The van der Waals surface area contributed by atoms with Gasteiger partial charge in [0.1, 0.15) is 17.1 Å². The van der Waals surface area contributed by atoms with Crippen molar-refractivity contribution in [1.29, 1.82) is 0 Å². The number of ether oxygens (including phenoxy) is 2. The predicted octanol–water partition coefficient (Wildman–Crippen LogP) is 5.23. The Morgan fingerprint density at radius 1 is 0.895 bits per heavy atom. The summed E-state index contributed by atoms with van der Waals surface area (Å²) in [6.07, 6.45) is 0. The number of methoxy groups -OCH3 is 2. The smallest absolute Gasteiger partial charge is 0.340 e. The second kappa shape index (κ2) is 13.7. The number of aromatic nitrogens is 1. The topological polar surface area (TPSA) is 217 Å². The first-order chi connectivity index (χ1) is 16.8. The largest absolute Gasteiger partial charge is 0.465 e. The van der Waals surface area contributed by atoms with Crippen molar-refractivity contribution >= 4 is 50.6 Å². The van der Waals surface area contributed by atoms with Crippen LogP contribution < -0.4 is 11.5 Å². The van der Waals surface area contributed by atoms with E-state index in [9.17, 15) is 29.8 Å². The van der Waals surface area contributed by atoms with Crippen LogP contribution in [0.1, 0.15) is 47.0 Å². The number of nitrogens with zero attached hydrogens (tertiary/aromatic N) is 3. The molecule has 3 aromatic rings. The van der Waals surface area contributed by atoms with Crippen LogP contribution in [0.25, 0.3) is 11.1 Å². The molecule has 0 aliphatic heterocycles. The quantitative estimate of drug-likeness (QED) is 0.167. The van der Waals surface area contributed by atoms with Gasteiger partial charge in [-0.15, -0.1) is 0 Å². The zero-order valence-corrected chi connectivity index (χ0v) is 20.9. The molecule has 3 rings (SSSR count). The molecule has 0 aliphatic rings. The first-order valence-electron chi connectivity index (χ1n) is 9.75. The minimum atomic E-state index is -0.746. The van der Waals surface area contributed by atoms with E-state index in [-0.39, 0.29) is 48.7 Å². The van der Waals surface area contributed by atoms with Crippen LogP contribution in [0.4, 0.5) is 22.7 Å². The number of nitro groups is 2. The van der Waals surface area contributed by atoms with Crippen LogP contribution in [-0.2, 0) is 9.47 Å². The molecule has 0 fully saturated rings. The molecule has 4 N–H and O–H groups in total. The fourth-order valence-electron chi connectivity index (χ4n) is 3.14. The van der Waals surface area contributed by atoms with Gasteiger partial charge in [-0.2, -0.15) is 0 Å². The Bertz CT molecular complexity index is 1350. The van der Waals surface area contributed by atoms with Crippen LogP contribution in [0.3, 0.4) is 0 Å². The molecule has 0 radical (unpaired) electrons. The van der Waals surface area contributed by atoms with Crippen molar-refractivity contribution in [3.63, 3.8) is 0 Å². The number of nitrogens with two attached hydrogens (primary N) is 2. The normalized spacial score (nSPS) is 9.61. The average Bonchev–Trinajstić information content (AvgIpc) is 3.17. The van der Waals surface area contributed by atoms with Gasteiger partial charge in [0.2, 0.25) is 0 Å². The first-order valence-corrected chi connectivity index (χ1v) is 10.5. The Morgan fingerprint density at radius 2 is 1.34 bits per heavy atom. The number of rotatable bonds is 5. The van der Waals surface area contributed by atoms with Gasteiger partial charge in [0.05, 0.1) is 40.9 Å². The molecule has 0 saturated carbocycles. The van der Waals surface area contributed by atoms with E-state index in [4.69, 9.17) is 16.0 Å². The van der Waals surface area contributed by atoms with Gasteiger partial charge in [-0.1, -0.05) is 35.9 Å². The van der Waals surface area contributed by atoms with E-state index in [0.717, 1.165) is 0 Å². The van der Waals surface area contributed by atoms with Crippen molar-refractivity contribution in [2.24, 2.45) is 0 Å². The summed E-state index contributed by atoms with van der Waals surface area (Å²) in [6.45, 7) is 3.38. The van der Waals surface area contributed by atoms with Crippen molar-refractivity contribution in [2.75, 3.05) is 25.7 Å². The van der Waals surface area contributed by atoms with Crippen molar-refractivity contribution < 1.29 is 33.4 Å². The Morgan fingerprint density at radius 3 is 1.74 bits per heavy atom. The molecule has 0 aliphatic carbocycles. The summed E-state index contributed by atoms with van der Waals surface area (Å²) in [5.41, 5.74) is 11.5. The number of halogens is 1. The third-order valence-electron chi connectivity index (χ3n) is 4.81. The summed E-state index contributed by atoms with van der Waals surface area (Å²) in [6, 6.07) is 5.31. The van der Waals surface area contributed by atoms with Gasteiger partial charge in [-0.25, -0.2) is 9.59 Å². The lowest BCUT2D eigenvalue weighted by molar-refractivity contribution is -0.384. The van der Waals surface area contributed by atoms with Crippen LogP contribution in [0.15, 0.2) is 33.3 Å². The number of hydrogen-bond donors (Lipinski definition) is 2. The highest BCUT2D eigenvalue weighted by molar-refractivity contribution is 9.10. The van der Waals surface area contributed by atoms with Crippen molar-refractivity contribution in [3.8, 4) is 11.1 Å². The Balaban J connectivity index is 0.000000720. The van der Waals surface area contributed by atoms with Crippen LogP contribution in [-0.4, -0.2) is 41.2 Å². The third-order valence-corrected chi connectivity index (χ3v) is 5.27. The summed E-state index contributed by atoms with van der Waals surface area (Å²) in [5.74, 6) is -0.969. The number of anilines is 2. The van der Waals surface area contributed by atoms with Crippen LogP contribution in [0.5, 0.6) is 0 Å². The molecule has 1 heterocycles. The predicted molar refractivity (Wildman–Crippen MR) is 144 cm³/mol. The maximum atomic E-state index is 11.7.